The number of aromatic hydroxyl groups is 1. The first-order valence-electron chi connectivity index (χ1n) is 11.7. The van der Waals surface area contributed by atoms with E-state index in [4.69, 9.17) is 11.6 Å². The monoisotopic (exact) mass is 523 g/mol. The van der Waals surface area contributed by atoms with Gasteiger partial charge in [0.15, 0.2) is 5.75 Å². The van der Waals surface area contributed by atoms with Crippen molar-refractivity contribution in [3.05, 3.63) is 97.8 Å². The van der Waals surface area contributed by atoms with Crippen LogP contribution in [-0.2, 0) is 5.41 Å². The number of hydrogen-bond donors (Lipinski definition) is 1. The van der Waals surface area contributed by atoms with Crippen molar-refractivity contribution < 1.29 is 24.0 Å². The largest absolute Gasteiger partial charge is 0.502 e. The SMILES string of the molecule is Cc1ccc2c(c1)C1(CCN(C(=O)c3ccc(O)c([N+](=O)[O-])c3)CC1)CN2C(=O)c1cc(F)cc(Cl)c1. The lowest BCUT2D eigenvalue weighted by Gasteiger charge is -2.40. The van der Waals surface area contributed by atoms with E-state index < -0.39 is 27.6 Å². The molecule has 5 rings (SSSR count). The summed E-state index contributed by atoms with van der Waals surface area (Å²) >= 11 is 6.00. The number of carbonyl (C=O) groups is 2. The number of likely N-dealkylation sites (tertiary alicyclic amines) is 1. The standard InChI is InChI=1S/C27H23ClFN3O5/c1-16-2-4-22-21(10-16)27(15-31(22)26(35)18-11-19(28)14-20(29)12-18)6-8-30(9-7-27)25(34)17-3-5-24(33)23(13-17)32(36)37/h2-5,10-14,33H,6-9,15H2,1H3. The van der Waals surface area contributed by atoms with Crippen molar-refractivity contribution in [2.45, 2.75) is 25.2 Å². The smallest absolute Gasteiger partial charge is 0.311 e. The number of nitro benzene ring substituents is 1. The topological polar surface area (TPSA) is 104 Å². The Kier molecular flexibility index (Phi) is 6.11. The molecule has 2 amide bonds. The van der Waals surface area contributed by atoms with Crippen LogP contribution in [0.4, 0.5) is 15.8 Å². The van der Waals surface area contributed by atoms with Crippen molar-refractivity contribution in [2.75, 3.05) is 24.5 Å². The van der Waals surface area contributed by atoms with E-state index in [1.807, 2.05) is 19.1 Å². The zero-order valence-corrected chi connectivity index (χ0v) is 20.7. The number of phenols is 1. The summed E-state index contributed by atoms with van der Waals surface area (Å²) in [6.45, 7) is 3.12. The van der Waals surface area contributed by atoms with Gasteiger partial charge in [-0.1, -0.05) is 29.3 Å². The van der Waals surface area contributed by atoms with E-state index in [0.29, 0.717) is 32.5 Å². The molecule has 190 valence electrons. The highest BCUT2D eigenvalue weighted by molar-refractivity contribution is 6.31. The van der Waals surface area contributed by atoms with Gasteiger partial charge in [0, 0.05) is 53.0 Å². The summed E-state index contributed by atoms with van der Waals surface area (Å²) in [5.74, 6) is -1.79. The summed E-state index contributed by atoms with van der Waals surface area (Å²) in [6.07, 6.45) is 1.14. The lowest BCUT2D eigenvalue weighted by molar-refractivity contribution is -0.385. The van der Waals surface area contributed by atoms with Gasteiger partial charge in [-0.25, -0.2) is 4.39 Å². The van der Waals surface area contributed by atoms with Gasteiger partial charge in [-0.15, -0.1) is 0 Å². The third kappa shape index (κ3) is 4.40. The van der Waals surface area contributed by atoms with E-state index in [-0.39, 0.29) is 28.0 Å². The van der Waals surface area contributed by atoms with Crippen molar-refractivity contribution in [2.24, 2.45) is 0 Å². The third-order valence-electron chi connectivity index (χ3n) is 7.26. The Morgan fingerprint density at radius 3 is 2.43 bits per heavy atom. The number of rotatable bonds is 3. The van der Waals surface area contributed by atoms with Crippen molar-refractivity contribution in [3.63, 3.8) is 0 Å². The minimum absolute atomic E-state index is 0.128. The number of phenolic OH excluding ortho intramolecular Hbond substituents is 1. The Labute approximate surface area is 217 Å². The van der Waals surface area contributed by atoms with Gasteiger partial charge >= 0.3 is 5.69 Å². The Balaban J connectivity index is 1.41. The summed E-state index contributed by atoms with van der Waals surface area (Å²) in [6, 6.07) is 13.2. The molecular formula is C27H23ClFN3O5. The van der Waals surface area contributed by atoms with Gasteiger partial charge in [0.2, 0.25) is 0 Å². The highest BCUT2D eigenvalue weighted by atomic mass is 35.5. The molecule has 0 radical (unpaired) electrons. The third-order valence-corrected chi connectivity index (χ3v) is 7.47. The molecule has 37 heavy (non-hydrogen) atoms. The van der Waals surface area contributed by atoms with Gasteiger partial charge in [0.1, 0.15) is 5.82 Å². The number of hydrogen-bond acceptors (Lipinski definition) is 5. The number of benzene rings is 3. The van der Waals surface area contributed by atoms with Gasteiger partial charge in [-0.05, 0) is 61.7 Å². The highest BCUT2D eigenvalue weighted by Gasteiger charge is 2.47. The number of anilines is 1. The summed E-state index contributed by atoms with van der Waals surface area (Å²) in [4.78, 5) is 40.3. The Bertz CT molecular complexity index is 1430. The van der Waals surface area contributed by atoms with Crippen molar-refractivity contribution in [1.29, 1.82) is 0 Å². The first kappa shape index (κ1) is 24.7. The second-order valence-electron chi connectivity index (χ2n) is 9.60. The highest BCUT2D eigenvalue weighted by Crippen LogP contribution is 2.48. The maximum atomic E-state index is 14.0. The zero-order valence-electron chi connectivity index (χ0n) is 19.9. The molecule has 8 nitrogen and oxygen atoms in total. The second-order valence-corrected chi connectivity index (χ2v) is 10.0. The van der Waals surface area contributed by atoms with Crippen LogP contribution in [0.2, 0.25) is 5.02 Å². The maximum absolute atomic E-state index is 14.0. The predicted octanol–water partition coefficient (Wildman–Crippen LogP) is 5.24. The fraction of sp³-hybridized carbons (Fsp3) is 0.259. The molecule has 0 saturated carbocycles. The molecule has 0 bridgehead atoms. The minimum Gasteiger partial charge on any atom is -0.502 e. The molecule has 0 aliphatic carbocycles. The van der Waals surface area contributed by atoms with Gasteiger partial charge in [0.05, 0.1) is 4.92 Å². The number of amides is 2. The number of nitrogens with zero attached hydrogens (tertiary/aromatic N) is 3. The van der Waals surface area contributed by atoms with E-state index >= 15 is 0 Å². The molecular weight excluding hydrogens is 501 g/mol. The summed E-state index contributed by atoms with van der Waals surface area (Å²) < 4.78 is 14.0. The first-order chi connectivity index (χ1) is 17.6. The normalized spacial score (nSPS) is 16.1. The van der Waals surface area contributed by atoms with Crippen LogP contribution in [0.5, 0.6) is 5.75 Å². The molecule has 0 unspecified atom stereocenters. The number of nitro groups is 1. The number of fused-ring (bicyclic) bond motifs is 2. The van der Waals surface area contributed by atoms with Crippen molar-refractivity contribution in [3.8, 4) is 5.75 Å². The van der Waals surface area contributed by atoms with E-state index in [1.165, 1.54) is 18.2 Å². The maximum Gasteiger partial charge on any atom is 0.311 e. The summed E-state index contributed by atoms with van der Waals surface area (Å²) in [7, 11) is 0. The molecule has 1 N–H and O–H groups in total. The number of aryl methyl sites for hydroxylation is 1. The Morgan fingerprint density at radius 1 is 1.03 bits per heavy atom. The molecule has 2 heterocycles. The summed E-state index contributed by atoms with van der Waals surface area (Å²) in [5, 5.41) is 21.0. The average Bonchev–Trinajstić information content (AvgIpc) is 3.16. The Morgan fingerprint density at radius 2 is 1.76 bits per heavy atom. The molecule has 10 heteroatoms. The van der Waals surface area contributed by atoms with Crippen LogP contribution in [0.3, 0.4) is 0 Å². The first-order valence-corrected chi connectivity index (χ1v) is 12.1. The molecule has 3 aromatic carbocycles. The lowest BCUT2D eigenvalue weighted by Crippen LogP contribution is -2.47. The van der Waals surface area contributed by atoms with E-state index in [1.54, 1.807) is 9.80 Å². The van der Waals surface area contributed by atoms with Crippen LogP contribution < -0.4 is 4.90 Å². The molecule has 1 spiro atoms. The molecule has 2 aliphatic heterocycles. The number of halogens is 2. The van der Waals surface area contributed by atoms with Crippen molar-refractivity contribution in [1.82, 2.24) is 4.90 Å². The average molecular weight is 524 g/mol. The van der Waals surface area contributed by atoms with Crippen LogP contribution in [0.1, 0.15) is 44.7 Å². The number of piperidine rings is 1. The Hall–Kier alpha value is -3.98. The van der Waals surface area contributed by atoms with Crippen LogP contribution in [0, 0.1) is 22.9 Å². The number of carbonyl (C=O) groups excluding carboxylic acids is 2. The molecule has 2 aliphatic rings. The molecule has 1 fully saturated rings. The fourth-order valence-electron chi connectivity index (χ4n) is 5.35. The minimum atomic E-state index is -0.730. The second kappa shape index (κ2) is 9.15. The fourth-order valence-corrected chi connectivity index (χ4v) is 5.57. The molecule has 1 saturated heterocycles. The van der Waals surface area contributed by atoms with E-state index in [0.717, 1.165) is 35.0 Å². The van der Waals surface area contributed by atoms with Crippen LogP contribution >= 0.6 is 11.6 Å². The van der Waals surface area contributed by atoms with Crippen molar-refractivity contribution >= 4 is 34.8 Å². The van der Waals surface area contributed by atoms with Gasteiger partial charge < -0.3 is 14.9 Å². The summed E-state index contributed by atoms with van der Waals surface area (Å²) in [5.41, 5.74) is 2.17. The lowest BCUT2D eigenvalue weighted by atomic mass is 9.74. The van der Waals surface area contributed by atoms with Gasteiger partial charge in [-0.2, -0.15) is 0 Å². The van der Waals surface area contributed by atoms with Gasteiger partial charge in [-0.3, -0.25) is 19.7 Å². The van der Waals surface area contributed by atoms with Crippen LogP contribution in [0.25, 0.3) is 0 Å². The van der Waals surface area contributed by atoms with Crippen LogP contribution in [0.15, 0.2) is 54.6 Å². The van der Waals surface area contributed by atoms with Gasteiger partial charge in [0.25, 0.3) is 11.8 Å². The predicted molar refractivity (Wildman–Crippen MR) is 136 cm³/mol. The van der Waals surface area contributed by atoms with E-state index in [9.17, 15) is 29.2 Å². The van der Waals surface area contributed by atoms with Crippen LogP contribution in [-0.4, -0.2) is 46.4 Å². The van der Waals surface area contributed by atoms with E-state index in [2.05, 4.69) is 6.07 Å². The molecule has 0 aromatic heterocycles. The zero-order chi connectivity index (χ0) is 26.5. The molecule has 0 atom stereocenters. The molecule has 3 aromatic rings. The quantitative estimate of drug-likeness (QED) is 0.373.